The molecule has 0 radical (unpaired) electrons. The first-order valence-electron chi connectivity index (χ1n) is 5.03. The number of amides is 1. The zero-order chi connectivity index (χ0) is 14.3. The van der Waals surface area contributed by atoms with Crippen LogP contribution in [0, 0.1) is 32.8 Å². The van der Waals surface area contributed by atoms with Crippen LogP contribution < -0.4 is 10.1 Å². The molecule has 0 spiro atoms. The standard InChI is InChI=1S/C11H8N4O4/c12-3-4-14-11(16)7-19-10-2-1-8(6-13)5-9(10)15(17)18/h1-2,5H,4,7H2,(H,14,16). The number of hydrogen-bond donors (Lipinski definition) is 1. The van der Waals surface area contributed by atoms with E-state index in [4.69, 9.17) is 15.3 Å². The molecule has 0 saturated carbocycles. The lowest BCUT2D eigenvalue weighted by Crippen LogP contribution is -2.29. The molecule has 0 unspecified atom stereocenters. The maximum absolute atomic E-state index is 11.2. The molecule has 0 saturated heterocycles. The largest absolute Gasteiger partial charge is 0.477 e. The summed E-state index contributed by atoms with van der Waals surface area (Å²) in [6, 6.07) is 7.12. The summed E-state index contributed by atoms with van der Waals surface area (Å²) in [6.45, 7) is -0.619. The van der Waals surface area contributed by atoms with Gasteiger partial charge in [0.1, 0.15) is 6.54 Å². The Labute approximate surface area is 108 Å². The molecule has 0 fully saturated rings. The van der Waals surface area contributed by atoms with Crippen molar-refractivity contribution in [3.05, 3.63) is 33.9 Å². The van der Waals surface area contributed by atoms with Gasteiger partial charge in [0.2, 0.25) is 0 Å². The number of carbonyl (C=O) groups is 1. The molecule has 0 aliphatic carbocycles. The number of hydrogen-bond acceptors (Lipinski definition) is 6. The molecule has 0 aromatic heterocycles. The highest BCUT2D eigenvalue weighted by Crippen LogP contribution is 2.27. The lowest BCUT2D eigenvalue weighted by atomic mass is 10.2. The Balaban J connectivity index is 2.79. The maximum atomic E-state index is 11.2. The predicted molar refractivity (Wildman–Crippen MR) is 61.9 cm³/mol. The number of nitriles is 2. The molecule has 8 heteroatoms. The van der Waals surface area contributed by atoms with Crippen LogP contribution in [0.25, 0.3) is 0 Å². The number of rotatable bonds is 5. The van der Waals surface area contributed by atoms with E-state index in [0.717, 1.165) is 6.07 Å². The van der Waals surface area contributed by atoms with Crippen molar-refractivity contribution in [2.24, 2.45) is 0 Å². The van der Waals surface area contributed by atoms with Crippen LogP contribution in [-0.4, -0.2) is 24.0 Å². The first-order chi connectivity index (χ1) is 9.08. The molecule has 1 amide bonds. The van der Waals surface area contributed by atoms with E-state index in [2.05, 4.69) is 5.32 Å². The zero-order valence-electron chi connectivity index (χ0n) is 9.62. The third kappa shape index (κ3) is 3.98. The van der Waals surface area contributed by atoms with Crippen LogP contribution in [0.15, 0.2) is 18.2 Å². The van der Waals surface area contributed by atoms with E-state index < -0.39 is 23.1 Å². The SMILES string of the molecule is N#CCNC(=O)COc1ccc(C#N)cc1[N+](=O)[O-]. The van der Waals surface area contributed by atoms with Crippen LogP contribution >= 0.6 is 0 Å². The normalized spacial score (nSPS) is 8.95. The van der Waals surface area contributed by atoms with Crippen molar-refractivity contribution in [2.75, 3.05) is 13.2 Å². The Hall–Kier alpha value is -3.13. The number of nitro benzene ring substituents is 1. The topological polar surface area (TPSA) is 129 Å². The fraction of sp³-hybridized carbons (Fsp3) is 0.182. The molecule has 1 aromatic rings. The summed E-state index contributed by atoms with van der Waals surface area (Å²) in [7, 11) is 0. The zero-order valence-corrected chi connectivity index (χ0v) is 9.62. The minimum atomic E-state index is -0.705. The van der Waals surface area contributed by atoms with E-state index in [1.54, 1.807) is 12.1 Å². The van der Waals surface area contributed by atoms with Crippen LogP contribution in [0.5, 0.6) is 5.75 Å². The predicted octanol–water partition coefficient (Wildman–Crippen LogP) is 0.485. The molecular formula is C11H8N4O4. The van der Waals surface area contributed by atoms with Crippen molar-refractivity contribution in [2.45, 2.75) is 0 Å². The Morgan fingerprint density at radius 1 is 1.47 bits per heavy atom. The van der Waals surface area contributed by atoms with Gasteiger partial charge in [-0.15, -0.1) is 0 Å². The average Bonchev–Trinajstić information content (AvgIpc) is 2.42. The van der Waals surface area contributed by atoms with Crippen LogP contribution in [0.1, 0.15) is 5.56 Å². The van der Waals surface area contributed by atoms with Crippen LogP contribution in [-0.2, 0) is 4.79 Å². The second-order valence-electron chi connectivity index (χ2n) is 3.27. The van der Waals surface area contributed by atoms with E-state index in [0.29, 0.717) is 0 Å². The van der Waals surface area contributed by atoms with Crippen LogP contribution in [0.2, 0.25) is 0 Å². The summed E-state index contributed by atoms with van der Waals surface area (Å²) in [5, 5.41) is 29.9. The second-order valence-corrected chi connectivity index (χ2v) is 3.27. The lowest BCUT2D eigenvalue weighted by Gasteiger charge is -2.06. The highest BCUT2D eigenvalue weighted by molar-refractivity contribution is 5.77. The van der Waals surface area contributed by atoms with Gasteiger partial charge in [0.05, 0.1) is 22.6 Å². The molecule has 0 aliphatic heterocycles. The Morgan fingerprint density at radius 2 is 2.21 bits per heavy atom. The number of carbonyl (C=O) groups excluding carboxylic acids is 1. The van der Waals surface area contributed by atoms with Gasteiger partial charge in [-0.05, 0) is 12.1 Å². The van der Waals surface area contributed by atoms with Crippen LogP contribution in [0.3, 0.4) is 0 Å². The van der Waals surface area contributed by atoms with Crippen molar-refractivity contribution < 1.29 is 14.5 Å². The number of nitro groups is 1. The smallest absolute Gasteiger partial charge is 0.312 e. The molecule has 8 nitrogen and oxygen atoms in total. The minimum Gasteiger partial charge on any atom is -0.477 e. The van der Waals surface area contributed by atoms with Crippen molar-refractivity contribution in [3.8, 4) is 17.9 Å². The van der Waals surface area contributed by atoms with Gasteiger partial charge in [-0.2, -0.15) is 10.5 Å². The Morgan fingerprint density at radius 3 is 2.79 bits per heavy atom. The van der Waals surface area contributed by atoms with Gasteiger partial charge in [-0.3, -0.25) is 14.9 Å². The molecule has 96 valence electrons. The van der Waals surface area contributed by atoms with E-state index in [9.17, 15) is 14.9 Å². The molecule has 1 N–H and O–H groups in total. The maximum Gasteiger partial charge on any atom is 0.312 e. The molecule has 19 heavy (non-hydrogen) atoms. The molecule has 1 rings (SSSR count). The highest BCUT2D eigenvalue weighted by atomic mass is 16.6. The summed E-state index contributed by atoms with van der Waals surface area (Å²) in [4.78, 5) is 21.2. The van der Waals surface area contributed by atoms with Gasteiger partial charge >= 0.3 is 5.69 Å². The molecule has 0 bridgehead atoms. The third-order valence-corrected chi connectivity index (χ3v) is 2.01. The molecule has 1 aromatic carbocycles. The summed E-state index contributed by atoms with van der Waals surface area (Å²) in [5.74, 6) is -0.684. The molecule has 0 heterocycles. The molecule has 0 atom stereocenters. The average molecular weight is 260 g/mol. The number of nitrogens with zero attached hydrogens (tertiary/aromatic N) is 3. The molecular weight excluding hydrogens is 252 g/mol. The minimum absolute atomic E-state index is 0.115. The summed E-state index contributed by atoms with van der Waals surface area (Å²) >= 11 is 0. The van der Waals surface area contributed by atoms with Gasteiger partial charge in [-0.25, -0.2) is 0 Å². The quantitative estimate of drug-likeness (QED) is 0.465. The van der Waals surface area contributed by atoms with Gasteiger partial charge in [0.25, 0.3) is 5.91 Å². The van der Waals surface area contributed by atoms with E-state index in [1.165, 1.54) is 12.1 Å². The van der Waals surface area contributed by atoms with E-state index in [-0.39, 0.29) is 17.9 Å². The summed E-state index contributed by atoms with van der Waals surface area (Å²) in [5.41, 5.74) is -0.278. The first-order valence-corrected chi connectivity index (χ1v) is 5.03. The van der Waals surface area contributed by atoms with Crippen molar-refractivity contribution in [1.29, 1.82) is 10.5 Å². The fourth-order valence-corrected chi connectivity index (χ4v) is 1.18. The van der Waals surface area contributed by atoms with Gasteiger partial charge in [0.15, 0.2) is 12.4 Å². The second kappa shape index (κ2) is 6.57. The fourth-order valence-electron chi connectivity index (χ4n) is 1.18. The third-order valence-electron chi connectivity index (χ3n) is 2.01. The van der Waals surface area contributed by atoms with Gasteiger partial charge in [-0.1, -0.05) is 0 Å². The summed E-state index contributed by atoms with van der Waals surface area (Å²) in [6.07, 6.45) is 0. The van der Waals surface area contributed by atoms with Crippen LogP contribution in [0.4, 0.5) is 5.69 Å². The lowest BCUT2D eigenvalue weighted by molar-refractivity contribution is -0.385. The van der Waals surface area contributed by atoms with E-state index >= 15 is 0 Å². The van der Waals surface area contributed by atoms with E-state index in [1.807, 2.05) is 0 Å². The number of benzene rings is 1. The number of ether oxygens (including phenoxy) is 1. The Bertz CT molecular complexity index is 585. The van der Waals surface area contributed by atoms with Crippen molar-refractivity contribution in [1.82, 2.24) is 5.32 Å². The summed E-state index contributed by atoms with van der Waals surface area (Å²) < 4.78 is 4.98. The van der Waals surface area contributed by atoms with Crippen molar-refractivity contribution in [3.63, 3.8) is 0 Å². The van der Waals surface area contributed by atoms with Gasteiger partial charge < -0.3 is 10.1 Å². The van der Waals surface area contributed by atoms with Crippen molar-refractivity contribution >= 4 is 11.6 Å². The first kappa shape index (κ1) is 13.9. The monoisotopic (exact) mass is 260 g/mol. The van der Waals surface area contributed by atoms with Gasteiger partial charge in [0, 0.05) is 6.07 Å². The number of nitrogens with one attached hydrogen (secondary N) is 1. The Kier molecular flexibility index (Phi) is 4.82. The highest BCUT2D eigenvalue weighted by Gasteiger charge is 2.17. The molecule has 0 aliphatic rings.